The molecule has 118 valence electrons. The number of anilines is 1. The molecule has 0 bridgehead atoms. The quantitative estimate of drug-likeness (QED) is 0.673. The highest BCUT2D eigenvalue weighted by Gasteiger charge is 2.20. The monoisotopic (exact) mass is 327 g/mol. The first-order valence-corrected chi connectivity index (χ1v) is 7.51. The van der Waals surface area contributed by atoms with E-state index < -0.39 is 5.97 Å². The average molecular weight is 327 g/mol. The molecule has 2 aromatic carbocycles. The van der Waals surface area contributed by atoms with Crippen molar-refractivity contribution in [3.05, 3.63) is 65.2 Å². The van der Waals surface area contributed by atoms with Crippen molar-refractivity contribution in [1.29, 1.82) is 0 Å². The van der Waals surface area contributed by atoms with E-state index in [1.807, 2.05) is 31.2 Å². The molecule has 2 rings (SSSR count). The van der Waals surface area contributed by atoms with Crippen molar-refractivity contribution < 1.29 is 14.7 Å². The molecule has 23 heavy (non-hydrogen) atoms. The summed E-state index contributed by atoms with van der Waals surface area (Å²) in [5.41, 5.74) is 2.80. The second kappa shape index (κ2) is 7.15. The number of carbonyl (C=O) groups is 2. The molecule has 4 nitrogen and oxygen atoms in total. The number of nitrogens with zero attached hydrogens (tertiary/aromatic N) is 1. The van der Waals surface area contributed by atoms with Gasteiger partial charge in [-0.05, 0) is 26.0 Å². The molecule has 0 aliphatic rings. The zero-order valence-electron chi connectivity index (χ0n) is 12.9. The van der Waals surface area contributed by atoms with Crippen molar-refractivity contribution in [3.8, 4) is 0 Å². The maximum absolute atomic E-state index is 11.8. The van der Waals surface area contributed by atoms with Gasteiger partial charge in [0, 0.05) is 16.8 Å². The maximum atomic E-state index is 11.8. The van der Waals surface area contributed by atoms with Crippen molar-refractivity contribution in [2.24, 2.45) is 0 Å². The van der Waals surface area contributed by atoms with Crippen LogP contribution in [-0.4, -0.2) is 28.4 Å². The second-order valence-electron chi connectivity index (χ2n) is 5.22. The fourth-order valence-electron chi connectivity index (χ4n) is 2.26. The Labute approximate surface area is 140 Å². The van der Waals surface area contributed by atoms with Crippen LogP contribution < -0.4 is 4.90 Å². The number of benzene rings is 2. The number of Topliss-reactive ketones (excluding diaryl/α,β-unsaturated/α-hetero) is 1. The molecule has 0 spiro atoms. The number of ketones is 1. The number of rotatable bonds is 5. The van der Waals surface area contributed by atoms with Gasteiger partial charge in [-0.2, -0.15) is 0 Å². The molecule has 0 aliphatic heterocycles. The molecule has 0 saturated heterocycles. The number of carboxylic acid groups (broad SMARTS) is 1. The first-order chi connectivity index (χ1) is 10.9. The Balaban J connectivity index is 2.47. The van der Waals surface area contributed by atoms with Crippen LogP contribution in [0.3, 0.4) is 0 Å². The van der Waals surface area contributed by atoms with Crippen molar-refractivity contribution in [2.75, 3.05) is 11.4 Å². The topological polar surface area (TPSA) is 57.6 Å². The molecule has 0 heterocycles. The lowest BCUT2D eigenvalue weighted by atomic mass is 10.0. The van der Waals surface area contributed by atoms with Gasteiger partial charge in [0.1, 0.15) is 11.5 Å². The van der Waals surface area contributed by atoms with E-state index in [0.29, 0.717) is 21.8 Å². The fourth-order valence-corrected chi connectivity index (χ4v) is 2.61. The number of aryl methyl sites for hydroxylation is 1. The smallest absolute Gasteiger partial charge is 0.323 e. The molecule has 5 heteroatoms. The van der Waals surface area contributed by atoms with Crippen LogP contribution in [0.25, 0.3) is 0 Å². The number of aliphatic carboxylic acids is 1. The van der Waals surface area contributed by atoms with E-state index in [1.54, 1.807) is 24.3 Å². The van der Waals surface area contributed by atoms with Crippen LogP contribution in [0, 0.1) is 6.92 Å². The van der Waals surface area contributed by atoms with E-state index in [0.717, 1.165) is 5.56 Å². The standard InChI is InChI=1S/C18H17NO3S/c1-12-7-9-14(10-8-12)19(11-17(21)22)18(23)16-6-4-3-5-15(16)13(2)20/h3-10H,11H2,1-2H3,(H,21,22). The number of hydrogen-bond acceptors (Lipinski definition) is 3. The number of hydrogen-bond donors (Lipinski definition) is 1. The largest absolute Gasteiger partial charge is 0.480 e. The molecule has 0 saturated carbocycles. The summed E-state index contributed by atoms with van der Waals surface area (Å²) in [5, 5.41) is 9.21. The third-order valence-corrected chi connectivity index (χ3v) is 3.86. The van der Waals surface area contributed by atoms with Crippen molar-refractivity contribution >= 4 is 34.6 Å². The van der Waals surface area contributed by atoms with Gasteiger partial charge in [-0.15, -0.1) is 0 Å². The molecule has 0 amide bonds. The summed E-state index contributed by atoms with van der Waals surface area (Å²) in [5.74, 6) is -1.10. The molecular formula is C18H17NO3S. The van der Waals surface area contributed by atoms with Crippen LogP contribution in [0.2, 0.25) is 0 Å². The van der Waals surface area contributed by atoms with Crippen molar-refractivity contribution in [2.45, 2.75) is 13.8 Å². The summed E-state index contributed by atoms with van der Waals surface area (Å²) in [6, 6.07) is 14.4. The van der Waals surface area contributed by atoms with E-state index in [2.05, 4.69) is 0 Å². The summed E-state index contributed by atoms with van der Waals surface area (Å²) in [6.07, 6.45) is 0. The second-order valence-corrected chi connectivity index (χ2v) is 5.61. The SMILES string of the molecule is CC(=O)c1ccccc1C(=S)N(CC(=O)O)c1ccc(C)cc1. The lowest BCUT2D eigenvalue weighted by Gasteiger charge is -2.25. The Morgan fingerprint density at radius 2 is 1.61 bits per heavy atom. The van der Waals surface area contributed by atoms with E-state index in [9.17, 15) is 14.7 Å². The van der Waals surface area contributed by atoms with Gasteiger partial charge in [0.2, 0.25) is 0 Å². The molecule has 1 N–H and O–H groups in total. The van der Waals surface area contributed by atoms with Gasteiger partial charge >= 0.3 is 5.97 Å². The van der Waals surface area contributed by atoms with E-state index in [1.165, 1.54) is 11.8 Å². The van der Waals surface area contributed by atoms with Gasteiger partial charge in [0.15, 0.2) is 5.78 Å². The Bertz CT molecular complexity index is 753. The molecule has 2 aromatic rings. The molecule has 0 unspecified atom stereocenters. The molecule has 0 atom stereocenters. The molecular weight excluding hydrogens is 310 g/mol. The first kappa shape index (κ1) is 16.8. The fraction of sp³-hybridized carbons (Fsp3) is 0.167. The lowest BCUT2D eigenvalue weighted by Crippen LogP contribution is -2.35. The third kappa shape index (κ3) is 4.02. The molecule has 0 aliphatic carbocycles. The number of thiocarbonyl (C=S) groups is 1. The Morgan fingerprint density at radius 1 is 1.04 bits per heavy atom. The zero-order chi connectivity index (χ0) is 17.0. The normalized spacial score (nSPS) is 10.2. The predicted octanol–water partition coefficient (Wildman–Crippen LogP) is 3.46. The van der Waals surface area contributed by atoms with Crippen molar-refractivity contribution in [1.82, 2.24) is 0 Å². The van der Waals surface area contributed by atoms with Crippen LogP contribution in [0.4, 0.5) is 5.69 Å². The summed E-state index contributed by atoms with van der Waals surface area (Å²) in [7, 11) is 0. The maximum Gasteiger partial charge on any atom is 0.323 e. The Morgan fingerprint density at radius 3 is 2.13 bits per heavy atom. The molecule has 0 aromatic heterocycles. The summed E-state index contributed by atoms with van der Waals surface area (Å²) >= 11 is 5.49. The Kier molecular flexibility index (Phi) is 5.24. The molecule has 0 radical (unpaired) electrons. The van der Waals surface area contributed by atoms with Gasteiger partial charge < -0.3 is 10.0 Å². The minimum Gasteiger partial charge on any atom is -0.480 e. The van der Waals surface area contributed by atoms with Gasteiger partial charge in [-0.1, -0.05) is 54.2 Å². The van der Waals surface area contributed by atoms with Gasteiger partial charge in [0.05, 0.1) is 0 Å². The minimum atomic E-state index is -0.992. The summed E-state index contributed by atoms with van der Waals surface area (Å²) in [6.45, 7) is 3.15. The zero-order valence-corrected chi connectivity index (χ0v) is 13.8. The van der Waals surface area contributed by atoms with Crippen LogP contribution >= 0.6 is 12.2 Å². The van der Waals surface area contributed by atoms with Crippen LogP contribution in [0.1, 0.15) is 28.4 Å². The highest BCUT2D eigenvalue weighted by atomic mass is 32.1. The highest BCUT2D eigenvalue weighted by Crippen LogP contribution is 2.21. The minimum absolute atomic E-state index is 0.109. The van der Waals surface area contributed by atoms with Gasteiger partial charge in [-0.3, -0.25) is 9.59 Å². The first-order valence-electron chi connectivity index (χ1n) is 7.10. The van der Waals surface area contributed by atoms with Crippen LogP contribution in [0.5, 0.6) is 0 Å². The summed E-state index contributed by atoms with van der Waals surface area (Å²) < 4.78 is 0. The van der Waals surface area contributed by atoms with Crippen molar-refractivity contribution in [3.63, 3.8) is 0 Å². The average Bonchev–Trinajstić information content (AvgIpc) is 2.52. The Hall–Kier alpha value is -2.53. The van der Waals surface area contributed by atoms with Crippen LogP contribution in [-0.2, 0) is 4.79 Å². The van der Waals surface area contributed by atoms with E-state index in [4.69, 9.17) is 12.2 Å². The third-order valence-electron chi connectivity index (χ3n) is 3.42. The van der Waals surface area contributed by atoms with Crippen LogP contribution in [0.15, 0.2) is 48.5 Å². The summed E-state index contributed by atoms with van der Waals surface area (Å²) in [4.78, 5) is 24.9. The number of carboxylic acids is 1. The highest BCUT2D eigenvalue weighted by molar-refractivity contribution is 7.81. The van der Waals surface area contributed by atoms with E-state index in [-0.39, 0.29) is 12.3 Å². The van der Waals surface area contributed by atoms with Gasteiger partial charge in [-0.25, -0.2) is 0 Å². The van der Waals surface area contributed by atoms with Gasteiger partial charge in [0.25, 0.3) is 0 Å². The lowest BCUT2D eigenvalue weighted by molar-refractivity contribution is -0.135. The number of carbonyl (C=O) groups excluding carboxylic acids is 1. The van der Waals surface area contributed by atoms with E-state index >= 15 is 0 Å². The molecule has 0 fully saturated rings. The predicted molar refractivity (Wildman–Crippen MR) is 94.3 cm³/mol.